The summed E-state index contributed by atoms with van der Waals surface area (Å²) in [6, 6.07) is 0.327. The number of halogens is 3. The first-order valence-electron chi connectivity index (χ1n) is 7.18. The van der Waals surface area contributed by atoms with Crippen molar-refractivity contribution in [2.75, 3.05) is 18.0 Å². The second-order valence-electron chi connectivity index (χ2n) is 5.62. The quantitative estimate of drug-likeness (QED) is 0.817. The Morgan fingerprint density at radius 2 is 1.86 bits per heavy atom. The average molecular weight is 323 g/mol. The van der Waals surface area contributed by atoms with Gasteiger partial charge in [-0.2, -0.15) is 13.2 Å². The van der Waals surface area contributed by atoms with E-state index >= 15 is 0 Å². The van der Waals surface area contributed by atoms with Crippen molar-refractivity contribution < 1.29 is 13.2 Å². The Hall–Kier alpha value is -0.820. The average Bonchev–Trinajstić information content (AvgIpc) is 2.76. The third kappa shape index (κ3) is 5.82. The van der Waals surface area contributed by atoms with Gasteiger partial charge in [0.2, 0.25) is 0 Å². The molecule has 1 aromatic heterocycles. The molecule has 1 heterocycles. The summed E-state index contributed by atoms with van der Waals surface area (Å²) in [6.07, 6.45) is -4.21. The van der Waals surface area contributed by atoms with Crippen molar-refractivity contribution in [3.63, 3.8) is 0 Å². The first-order valence-corrected chi connectivity index (χ1v) is 8.00. The van der Waals surface area contributed by atoms with Gasteiger partial charge in [-0.15, -0.1) is 11.3 Å². The molecule has 0 unspecified atom stereocenters. The minimum Gasteiger partial charge on any atom is -0.339 e. The number of thiazole rings is 1. The highest BCUT2D eigenvalue weighted by Crippen LogP contribution is 2.32. The lowest BCUT2D eigenvalue weighted by Gasteiger charge is -2.21. The van der Waals surface area contributed by atoms with E-state index in [1.54, 1.807) is 6.92 Å². The van der Waals surface area contributed by atoms with Crippen molar-refractivity contribution in [1.82, 2.24) is 10.3 Å². The molecule has 0 aliphatic heterocycles. The van der Waals surface area contributed by atoms with Gasteiger partial charge in [-0.05, 0) is 12.8 Å². The lowest BCUT2D eigenvalue weighted by atomic mass is 10.1. The molecule has 3 nitrogen and oxygen atoms in total. The van der Waals surface area contributed by atoms with E-state index in [0.29, 0.717) is 24.3 Å². The summed E-state index contributed by atoms with van der Waals surface area (Å²) >= 11 is 1.36. The van der Waals surface area contributed by atoms with Gasteiger partial charge in [0, 0.05) is 24.0 Å². The van der Waals surface area contributed by atoms with Gasteiger partial charge in [0.05, 0.1) is 5.69 Å². The highest BCUT2D eigenvalue weighted by atomic mass is 32.1. The number of nitrogens with zero attached hydrogens (tertiary/aromatic N) is 2. The Morgan fingerprint density at radius 1 is 1.24 bits per heavy atom. The zero-order chi connectivity index (χ0) is 16.2. The van der Waals surface area contributed by atoms with Gasteiger partial charge in [-0.25, -0.2) is 4.98 Å². The van der Waals surface area contributed by atoms with Crippen LogP contribution in [0.1, 0.15) is 51.1 Å². The smallest absolute Gasteiger partial charge is 0.339 e. The normalized spacial score (nSPS) is 12.5. The Labute approximate surface area is 128 Å². The van der Waals surface area contributed by atoms with Crippen LogP contribution < -0.4 is 10.2 Å². The largest absolute Gasteiger partial charge is 0.406 e. The highest BCUT2D eigenvalue weighted by molar-refractivity contribution is 7.15. The molecule has 0 saturated heterocycles. The number of rotatable bonds is 7. The molecule has 0 amide bonds. The van der Waals surface area contributed by atoms with Crippen LogP contribution in [-0.4, -0.2) is 30.3 Å². The summed E-state index contributed by atoms with van der Waals surface area (Å²) in [7, 11) is 0. The van der Waals surface area contributed by atoms with Crippen molar-refractivity contribution in [2.45, 2.75) is 59.3 Å². The zero-order valence-corrected chi connectivity index (χ0v) is 14.0. The number of alkyl halides is 3. The predicted octanol–water partition coefficient (Wildman–Crippen LogP) is 4.15. The van der Waals surface area contributed by atoms with Crippen LogP contribution in [0.2, 0.25) is 0 Å². The maximum absolute atomic E-state index is 12.6. The van der Waals surface area contributed by atoms with Gasteiger partial charge in [0.1, 0.15) is 6.54 Å². The van der Waals surface area contributed by atoms with Crippen molar-refractivity contribution in [2.24, 2.45) is 0 Å². The van der Waals surface area contributed by atoms with Gasteiger partial charge in [0.25, 0.3) is 0 Å². The molecule has 0 saturated carbocycles. The molecule has 0 atom stereocenters. The van der Waals surface area contributed by atoms with Gasteiger partial charge in [-0.3, -0.25) is 0 Å². The summed E-state index contributed by atoms with van der Waals surface area (Å²) in [5.41, 5.74) is 0.892. The summed E-state index contributed by atoms with van der Waals surface area (Å²) in [4.78, 5) is 6.76. The number of anilines is 1. The Bertz CT molecular complexity index is 441. The third-order valence-electron chi connectivity index (χ3n) is 2.96. The van der Waals surface area contributed by atoms with Crippen LogP contribution in [0.4, 0.5) is 18.3 Å². The van der Waals surface area contributed by atoms with Crippen LogP contribution in [0.5, 0.6) is 0 Å². The molecule has 122 valence electrons. The fourth-order valence-electron chi connectivity index (χ4n) is 1.89. The van der Waals surface area contributed by atoms with Crippen molar-refractivity contribution in [3.05, 3.63) is 10.6 Å². The summed E-state index contributed by atoms with van der Waals surface area (Å²) in [6.45, 7) is 9.81. The van der Waals surface area contributed by atoms with Crippen molar-refractivity contribution in [3.8, 4) is 0 Å². The number of nitrogens with one attached hydrogen (secondary N) is 1. The Kier molecular flexibility index (Phi) is 6.46. The maximum Gasteiger partial charge on any atom is 0.406 e. The van der Waals surface area contributed by atoms with E-state index < -0.39 is 12.7 Å². The van der Waals surface area contributed by atoms with Crippen LogP contribution in [-0.2, 0) is 6.54 Å². The molecule has 0 fully saturated rings. The second-order valence-corrected chi connectivity index (χ2v) is 6.69. The maximum atomic E-state index is 12.6. The standard InChI is InChI=1S/C14H24F3N3S/c1-6-20(8-14(15,16)17)13-19-12(9(2)3)11(21-13)7-18-10(4)5/h9-10,18H,6-8H2,1-5H3. The Morgan fingerprint density at radius 3 is 2.29 bits per heavy atom. The van der Waals surface area contributed by atoms with Crippen molar-refractivity contribution >= 4 is 16.5 Å². The molecule has 0 radical (unpaired) electrons. The third-order valence-corrected chi connectivity index (χ3v) is 4.09. The fourth-order valence-corrected chi connectivity index (χ4v) is 3.12. The van der Waals surface area contributed by atoms with E-state index in [1.807, 2.05) is 27.7 Å². The van der Waals surface area contributed by atoms with Crippen LogP contribution >= 0.6 is 11.3 Å². The number of hydrogen-bond acceptors (Lipinski definition) is 4. The summed E-state index contributed by atoms with van der Waals surface area (Å²) in [5, 5.41) is 3.76. The fraction of sp³-hybridized carbons (Fsp3) is 0.786. The minimum absolute atomic E-state index is 0.198. The van der Waals surface area contributed by atoms with E-state index in [1.165, 1.54) is 16.2 Å². The molecular weight excluding hydrogens is 299 g/mol. The van der Waals surface area contributed by atoms with Gasteiger partial charge in [0.15, 0.2) is 5.13 Å². The SMILES string of the molecule is CCN(CC(F)(F)F)c1nc(C(C)C)c(CNC(C)C)s1. The molecule has 0 aliphatic rings. The predicted molar refractivity (Wildman–Crippen MR) is 82.1 cm³/mol. The molecule has 21 heavy (non-hydrogen) atoms. The first-order chi connectivity index (χ1) is 9.64. The monoisotopic (exact) mass is 323 g/mol. The van der Waals surface area contributed by atoms with E-state index in [4.69, 9.17) is 0 Å². The molecule has 7 heteroatoms. The van der Waals surface area contributed by atoms with Crippen LogP contribution in [0.3, 0.4) is 0 Å². The van der Waals surface area contributed by atoms with E-state index in [2.05, 4.69) is 10.3 Å². The molecule has 1 aromatic rings. The van der Waals surface area contributed by atoms with Gasteiger partial charge in [-0.1, -0.05) is 27.7 Å². The summed E-state index contributed by atoms with van der Waals surface area (Å²) in [5.74, 6) is 0.198. The molecule has 0 spiro atoms. The van der Waals surface area contributed by atoms with E-state index in [0.717, 1.165) is 10.6 Å². The van der Waals surface area contributed by atoms with E-state index in [-0.39, 0.29) is 5.92 Å². The second kappa shape index (κ2) is 7.45. The molecule has 1 N–H and O–H groups in total. The molecular formula is C14H24F3N3S. The molecule has 0 bridgehead atoms. The van der Waals surface area contributed by atoms with Crippen LogP contribution in [0, 0.1) is 0 Å². The van der Waals surface area contributed by atoms with Gasteiger partial charge >= 0.3 is 6.18 Å². The molecule has 0 aliphatic carbocycles. The van der Waals surface area contributed by atoms with Crippen LogP contribution in [0.25, 0.3) is 0 Å². The lowest BCUT2D eigenvalue weighted by Crippen LogP contribution is -2.34. The topological polar surface area (TPSA) is 28.2 Å². The first kappa shape index (κ1) is 18.2. The lowest BCUT2D eigenvalue weighted by molar-refractivity contribution is -0.119. The highest BCUT2D eigenvalue weighted by Gasteiger charge is 2.32. The minimum atomic E-state index is -4.21. The van der Waals surface area contributed by atoms with E-state index in [9.17, 15) is 13.2 Å². The van der Waals surface area contributed by atoms with Crippen LogP contribution in [0.15, 0.2) is 0 Å². The molecule has 0 aromatic carbocycles. The number of hydrogen-bond donors (Lipinski definition) is 1. The number of aromatic nitrogens is 1. The summed E-state index contributed by atoms with van der Waals surface area (Å²) < 4.78 is 37.9. The van der Waals surface area contributed by atoms with Gasteiger partial charge < -0.3 is 10.2 Å². The van der Waals surface area contributed by atoms with Crippen molar-refractivity contribution in [1.29, 1.82) is 0 Å². The zero-order valence-electron chi connectivity index (χ0n) is 13.2. The molecule has 1 rings (SSSR count). The Balaban J connectivity index is 2.99.